The molecule has 1 aliphatic heterocycles. The summed E-state index contributed by atoms with van der Waals surface area (Å²) in [5, 5.41) is 4.50. The smallest absolute Gasteiger partial charge is 0.261 e. The number of unbranched alkanes of at least 4 members (excludes halogenated alkanes) is 1. The largest absolute Gasteiger partial charge is 0.384 e. The van der Waals surface area contributed by atoms with Crippen LogP contribution in [0.5, 0.6) is 0 Å². The van der Waals surface area contributed by atoms with E-state index >= 15 is 0 Å². The fourth-order valence-electron chi connectivity index (χ4n) is 3.89. The molecule has 0 fully saturated rings. The lowest BCUT2D eigenvalue weighted by Crippen LogP contribution is -2.38. The number of benzene rings is 3. The summed E-state index contributed by atoms with van der Waals surface area (Å²) in [5.41, 5.74) is 1.14. The minimum atomic E-state index is -0.331. The molecule has 1 heterocycles. The van der Waals surface area contributed by atoms with Crippen molar-refractivity contribution in [3.8, 4) is 11.1 Å². The van der Waals surface area contributed by atoms with Gasteiger partial charge in [-0.25, -0.2) is 0 Å². The van der Waals surface area contributed by atoms with Crippen molar-refractivity contribution in [2.24, 2.45) is 0 Å². The highest BCUT2D eigenvalue weighted by Gasteiger charge is 2.21. The molecule has 5 heteroatoms. The van der Waals surface area contributed by atoms with Crippen molar-refractivity contribution in [1.29, 1.82) is 0 Å². The van der Waals surface area contributed by atoms with Crippen LogP contribution in [0.3, 0.4) is 0 Å². The third kappa shape index (κ3) is 3.36. The Balaban J connectivity index is 1.92. The Morgan fingerprint density at radius 2 is 1.70 bits per heavy atom. The first-order valence-electron chi connectivity index (χ1n) is 10.3. The van der Waals surface area contributed by atoms with Crippen LogP contribution in [-0.2, 0) is 6.54 Å². The average Bonchev–Trinajstić information content (AvgIpc) is 2.78. The summed E-state index contributed by atoms with van der Waals surface area (Å²) in [4.78, 5) is 39.1. The lowest BCUT2D eigenvalue weighted by Gasteiger charge is -2.15. The first-order valence-corrected chi connectivity index (χ1v) is 10.3. The highest BCUT2D eigenvalue weighted by Crippen LogP contribution is 2.24. The molecule has 0 spiro atoms. The average molecular weight is 400 g/mol. The molecule has 1 N–H and O–H groups in total. The molecule has 0 radical (unpaired) electrons. The van der Waals surface area contributed by atoms with Gasteiger partial charge in [0.15, 0.2) is 5.43 Å². The van der Waals surface area contributed by atoms with Crippen LogP contribution < -0.4 is 27.1 Å². The quantitative estimate of drug-likeness (QED) is 0.540. The number of hydrogen-bond acceptors (Lipinski definition) is 4. The van der Waals surface area contributed by atoms with Gasteiger partial charge in [-0.05, 0) is 31.0 Å². The topological polar surface area (TPSA) is 68.2 Å². The Morgan fingerprint density at radius 3 is 2.43 bits per heavy atom. The highest BCUT2D eigenvalue weighted by molar-refractivity contribution is 5.96. The molecule has 152 valence electrons. The lowest BCUT2D eigenvalue weighted by molar-refractivity contribution is 0.601. The van der Waals surface area contributed by atoms with Crippen molar-refractivity contribution in [3.05, 3.63) is 96.3 Å². The molecule has 0 saturated carbocycles. The Hall–Kier alpha value is -3.47. The molecule has 30 heavy (non-hydrogen) atoms. The van der Waals surface area contributed by atoms with E-state index in [0.717, 1.165) is 18.4 Å². The molecule has 2 aromatic rings. The van der Waals surface area contributed by atoms with E-state index in [2.05, 4.69) is 5.32 Å². The summed E-state index contributed by atoms with van der Waals surface area (Å²) >= 11 is 0. The van der Waals surface area contributed by atoms with Crippen LogP contribution in [0.15, 0.2) is 69.0 Å². The van der Waals surface area contributed by atoms with Gasteiger partial charge in [-0.2, -0.15) is 0 Å². The lowest BCUT2D eigenvalue weighted by atomic mass is 9.94. The van der Waals surface area contributed by atoms with Gasteiger partial charge in [0.2, 0.25) is 0 Å². The summed E-state index contributed by atoms with van der Waals surface area (Å²) < 4.78 is 1.30. The maximum atomic E-state index is 13.1. The molecule has 5 nitrogen and oxygen atoms in total. The molecule has 0 bridgehead atoms. The van der Waals surface area contributed by atoms with Gasteiger partial charge in [0.1, 0.15) is 0 Å². The molecule has 1 aliphatic carbocycles. The molecule has 0 aromatic heterocycles. The fourth-order valence-corrected chi connectivity index (χ4v) is 3.89. The molecule has 0 amide bonds. The number of nitrogens with zero attached hydrogens (tertiary/aromatic N) is 1. The summed E-state index contributed by atoms with van der Waals surface area (Å²) in [6, 6.07) is 16.6. The second-order valence-electron chi connectivity index (χ2n) is 7.63. The van der Waals surface area contributed by atoms with Crippen molar-refractivity contribution in [2.75, 3.05) is 0 Å². The molecule has 0 saturated heterocycles. The predicted molar refractivity (Wildman–Crippen MR) is 121 cm³/mol. The van der Waals surface area contributed by atoms with Crippen molar-refractivity contribution < 1.29 is 0 Å². The van der Waals surface area contributed by atoms with Crippen molar-refractivity contribution in [1.82, 2.24) is 9.88 Å². The Kier molecular flexibility index (Phi) is 5.36. The monoisotopic (exact) mass is 400 g/mol. The second kappa shape index (κ2) is 8.11. The summed E-state index contributed by atoms with van der Waals surface area (Å²) in [7, 11) is 0. The van der Waals surface area contributed by atoms with E-state index in [1.54, 1.807) is 30.5 Å². The Morgan fingerprint density at radius 1 is 0.967 bits per heavy atom. The van der Waals surface area contributed by atoms with E-state index in [0.29, 0.717) is 33.7 Å². The van der Waals surface area contributed by atoms with Crippen LogP contribution in [0, 0.1) is 0 Å². The molecular weight excluding hydrogens is 376 g/mol. The van der Waals surface area contributed by atoms with Gasteiger partial charge in [0.05, 0.1) is 0 Å². The maximum Gasteiger partial charge on any atom is 0.261 e. The molecule has 1 atom stereocenters. The van der Waals surface area contributed by atoms with E-state index in [1.165, 1.54) is 4.57 Å². The molecule has 2 aromatic carbocycles. The van der Waals surface area contributed by atoms with Gasteiger partial charge >= 0.3 is 0 Å². The number of aromatic nitrogens is 1. The zero-order valence-electron chi connectivity index (χ0n) is 17.1. The first-order chi connectivity index (χ1) is 14.5. The van der Waals surface area contributed by atoms with E-state index in [-0.39, 0.29) is 22.6 Å². The van der Waals surface area contributed by atoms with E-state index in [1.807, 2.05) is 44.2 Å². The van der Waals surface area contributed by atoms with E-state index in [9.17, 15) is 14.4 Å². The first kappa shape index (κ1) is 19.8. The third-order valence-corrected chi connectivity index (χ3v) is 5.62. The molecular formula is C25H24N2O3. The Labute approximate surface area is 174 Å². The van der Waals surface area contributed by atoms with Crippen LogP contribution in [0.1, 0.15) is 38.3 Å². The van der Waals surface area contributed by atoms with Crippen LogP contribution in [-0.4, -0.2) is 4.57 Å². The molecule has 4 rings (SSSR count). The van der Waals surface area contributed by atoms with Crippen LogP contribution in [0.2, 0.25) is 0 Å². The van der Waals surface area contributed by atoms with Gasteiger partial charge in [0, 0.05) is 45.9 Å². The summed E-state index contributed by atoms with van der Waals surface area (Å²) in [6.07, 6.45) is 3.30. The van der Waals surface area contributed by atoms with Crippen LogP contribution in [0.25, 0.3) is 28.1 Å². The number of pyridine rings is 1. The molecule has 2 aliphatic rings. The predicted octanol–water partition coefficient (Wildman–Crippen LogP) is 2.87. The minimum Gasteiger partial charge on any atom is -0.384 e. The zero-order chi connectivity index (χ0) is 21.3. The molecule has 0 unspecified atom stereocenters. The van der Waals surface area contributed by atoms with Crippen molar-refractivity contribution in [3.63, 3.8) is 0 Å². The van der Waals surface area contributed by atoms with E-state index < -0.39 is 0 Å². The van der Waals surface area contributed by atoms with Gasteiger partial charge in [-0.15, -0.1) is 0 Å². The van der Waals surface area contributed by atoms with Gasteiger partial charge in [0.25, 0.3) is 11.1 Å². The highest BCUT2D eigenvalue weighted by atomic mass is 16.2. The van der Waals surface area contributed by atoms with E-state index in [4.69, 9.17) is 0 Å². The number of hydrogen-bond donors (Lipinski definition) is 1. The summed E-state index contributed by atoms with van der Waals surface area (Å²) in [6.45, 7) is 4.41. The Bertz CT molecular complexity index is 1380. The van der Waals surface area contributed by atoms with Crippen LogP contribution in [0.4, 0.5) is 0 Å². The fraction of sp³-hybridized carbons (Fsp3) is 0.240. The maximum absolute atomic E-state index is 13.1. The SMILES string of the molecule is CCCCn1c(=O)c2c/c(=C/N[C@@H](C)c3ccccc3)c(=O)c3cccc(c3-2)c1=O. The van der Waals surface area contributed by atoms with Gasteiger partial charge < -0.3 is 5.32 Å². The van der Waals surface area contributed by atoms with Crippen molar-refractivity contribution in [2.45, 2.75) is 39.3 Å². The van der Waals surface area contributed by atoms with Crippen molar-refractivity contribution >= 4 is 17.0 Å². The number of nitrogens with one attached hydrogen (secondary N) is 1. The van der Waals surface area contributed by atoms with Gasteiger partial charge in [-0.3, -0.25) is 19.0 Å². The summed E-state index contributed by atoms with van der Waals surface area (Å²) in [5.74, 6) is 0. The zero-order valence-corrected chi connectivity index (χ0v) is 17.1. The number of rotatable bonds is 6. The second-order valence-corrected chi connectivity index (χ2v) is 7.63. The normalized spacial score (nSPS) is 13.2. The minimum absolute atomic E-state index is 0.00215. The van der Waals surface area contributed by atoms with Crippen LogP contribution >= 0.6 is 0 Å². The van der Waals surface area contributed by atoms with Gasteiger partial charge in [-0.1, -0.05) is 55.8 Å². The standard InChI is InChI=1S/C25H24N2O3/c1-3-4-13-27-24(29)20-12-8-11-19-22(20)21(25(27)30)14-18(23(19)28)15-26-16(2)17-9-6-5-7-10-17/h5-12,14-16,26H,3-4,13H2,1-2H3/b18-15-/t16-/m0/s1. The third-order valence-electron chi connectivity index (χ3n) is 5.62.